The fraction of sp³-hybridized carbons (Fsp3) is 0.286. The smallest absolute Gasteiger partial charge is 0.261 e. The maximum absolute atomic E-state index is 12.5. The standard InChI is InChI=1S/C21H23N3O2/c1-13-9-15(3)18(10-14(13)2)16(4)23-20(25)11-24-12-22-19-8-6-5-7-17(19)21(24)26/h5-10,12,16H,11H2,1-4H3,(H,23,25). The molecule has 0 saturated heterocycles. The van der Waals surface area contributed by atoms with E-state index in [9.17, 15) is 9.59 Å². The molecule has 5 heteroatoms. The molecule has 0 bridgehead atoms. The Morgan fingerprint density at radius 3 is 2.58 bits per heavy atom. The van der Waals surface area contributed by atoms with Crippen molar-refractivity contribution >= 4 is 16.8 Å². The molecule has 0 aliphatic heterocycles. The maximum atomic E-state index is 12.5. The lowest BCUT2D eigenvalue weighted by Gasteiger charge is -2.19. The third-order valence-electron chi connectivity index (χ3n) is 4.77. The molecule has 1 unspecified atom stereocenters. The van der Waals surface area contributed by atoms with Gasteiger partial charge in [0.2, 0.25) is 5.91 Å². The zero-order chi connectivity index (χ0) is 18.8. The van der Waals surface area contributed by atoms with Gasteiger partial charge in [-0.05, 0) is 62.1 Å². The first-order valence-electron chi connectivity index (χ1n) is 8.68. The first kappa shape index (κ1) is 17.9. The van der Waals surface area contributed by atoms with Crippen molar-refractivity contribution in [3.05, 3.63) is 75.3 Å². The van der Waals surface area contributed by atoms with Crippen LogP contribution < -0.4 is 10.9 Å². The molecule has 2 aromatic carbocycles. The second-order valence-corrected chi connectivity index (χ2v) is 6.78. The Bertz CT molecular complexity index is 1040. The fourth-order valence-corrected chi connectivity index (χ4v) is 3.19. The van der Waals surface area contributed by atoms with Crippen LogP contribution in [-0.2, 0) is 11.3 Å². The van der Waals surface area contributed by atoms with E-state index in [1.165, 1.54) is 22.0 Å². The summed E-state index contributed by atoms with van der Waals surface area (Å²) in [5.74, 6) is -0.214. The van der Waals surface area contributed by atoms with E-state index in [-0.39, 0.29) is 24.1 Å². The van der Waals surface area contributed by atoms with Crippen LogP contribution in [0.1, 0.15) is 35.2 Å². The Balaban J connectivity index is 1.78. The van der Waals surface area contributed by atoms with Crippen LogP contribution in [-0.4, -0.2) is 15.5 Å². The van der Waals surface area contributed by atoms with Gasteiger partial charge in [-0.1, -0.05) is 24.3 Å². The monoisotopic (exact) mass is 349 g/mol. The summed E-state index contributed by atoms with van der Waals surface area (Å²) < 4.78 is 1.34. The number of benzene rings is 2. The number of aromatic nitrogens is 2. The van der Waals surface area contributed by atoms with E-state index in [1.54, 1.807) is 18.2 Å². The van der Waals surface area contributed by atoms with Crippen molar-refractivity contribution in [3.8, 4) is 0 Å². The molecule has 0 aliphatic rings. The number of amides is 1. The van der Waals surface area contributed by atoms with Gasteiger partial charge in [0.15, 0.2) is 0 Å². The summed E-state index contributed by atoms with van der Waals surface area (Å²) in [5.41, 5.74) is 5.09. The summed E-state index contributed by atoms with van der Waals surface area (Å²) in [4.78, 5) is 29.2. The maximum Gasteiger partial charge on any atom is 0.261 e. The van der Waals surface area contributed by atoms with E-state index in [4.69, 9.17) is 0 Å². The third-order valence-corrected chi connectivity index (χ3v) is 4.77. The van der Waals surface area contributed by atoms with Gasteiger partial charge in [0.05, 0.1) is 23.3 Å². The molecule has 0 fully saturated rings. The summed E-state index contributed by atoms with van der Waals surface area (Å²) in [6.45, 7) is 8.09. The van der Waals surface area contributed by atoms with E-state index in [2.05, 4.69) is 36.3 Å². The Morgan fingerprint density at radius 2 is 1.81 bits per heavy atom. The summed E-state index contributed by atoms with van der Waals surface area (Å²) in [5, 5.41) is 3.50. The molecule has 3 rings (SSSR count). The Hall–Kier alpha value is -2.95. The minimum atomic E-state index is -0.214. The van der Waals surface area contributed by atoms with Crippen molar-refractivity contribution in [2.24, 2.45) is 0 Å². The number of nitrogens with one attached hydrogen (secondary N) is 1. The van der Waals surface area contributed by atoms with E-state index in [0.717, 1.165) is 11.1 Å². The molecular weight excluding hydrogens is 326 g/mol. The van der Waals surface area contributed by atoms with Crippen LogP contribution in [0.15, 0.2) is 47.5 Å². The summed E-state index contributed by atoms with van der Waals surface area (Å²) in [6, 6.07) is 11.2. The SMILES string of the molecule is Cc1cc(C)c(C(C)NC(=O)Cn2cnc3ccccc3c2=O)cc1C. The van der Waals surface area contributed by atoms with Crippen molar-refractivity contribution in [1.29, 1.82) is 0 Å². The molecule has 26 heavy (non-hydrogen) atoms. The van der Waals surface area contributed by atoms with Gasteiger partial charge in [0.1, 0.15) is 6.54 Å². The number of para-hydroxylation sites is 1. The highest BCUT2D eigenvalue weighted by molar-refractivity contribution is 5.79. The quantitative estimate of drug-likeness (QED) is 0.787. The lowest BCUT2D eigenvalue weighted by atomic mass is 9.96. The molecule has 0 radical (unpaired) electrons. The topological polar surface area (TPSA) is 64.0 Å². The van der Waals surface area contributed by atoms with Crippen molar-refractivity contribution in [3.63, 3.8) is 0 Å². The van der Waals surface area contributed by atoms with Gasteiger partial charge in [0.25, 0.3) is 5.56 Å². The van der Waals surface area contributed by atoms with Gasteiger partial charge in [-0.2, -0.15) is 0 Å². The number of carbonyl (C=O) groups is 1. The highest BCUT2D eigenvalue weighted by Gasteiger charge is 2.14. The predicted octanol–water partition coefficient (Wildman–Crippen LogP) is 3.20. The zero-order valence-electron chi connectivity index (χ0n) is 15.5. The lowest BCUT2D eigenvalue weighted by molar-refractivity contribution is -0.122. The molecule has 1 N–H and O–H groups in total. The molecule has 134 valence electrons. The van der Waals surface area contributed by atoms with E-state index in [1.807, 2.05) is 19.9 Å². The van der Waals surface area contributed by atoms with Crippen LogP contribution in [0.25, 0.3) is 10.9 Å². The first-order valence-corrected chi connectivity index (χ1v) is 8.68. The summed E-state index contributed by atoms with van der Waals surface area (Å²) in [6.07, 6.45) is 1.43. The zero-order valence-corrected chi connectivity index (χ0v) is 15.5. The average molecular weight is 349 g/mol. The average Bonchev–Trinajstić information content (AvgIpc) is 2.60. The Labute approximate surface area is 152 Å². The number of hydrogen-bond acceptors (Lipinski definition) is 3. The molecule has 1 amide bonds. The fourth-order valence-electron chi connectivity index (χ4n) is 3.19. The normalized spacial score (nSPS) is 12.2. The second-order valence-electron chi connectivity index (χ2n) is 6.78. The molecule has 0 spiro atoms. The van der Waals surface area contributed by atoms with Gasteiger partial charge in [-0.3, -0.25) is 14.2 Å². The minimum absolute atomic E-state index is 0.0507. The van der Waals surface area contributed by atoms with E-state index >= 15 is 0 Å². The van der Waals surface area contributed by atoms with Gasteiger partial charge in [-0.15, -0.1) is 0 Å². The number of hydrogen-bond donors (Lipinski definition) is 1. The molecule has 0 saturated carbocycles. The molecule has 1 heterocycles. The number of rotatable bonds is 4. The molecule has 3 aromatic rings. The van der Waals surface area contributed by atoms with Crippen molar-refractivity contribution in [1.82, 2.24) is 14.9 Å². The largest absolute Gasteiger partial charge is 0.348 e. The van der Waals surface area contributed by atoms with E-state index in [0.29, 0.717) is 10.9 Å². The number of carbonyl (C=O) groups excluding carboxylic acids is 1. The van der Waals surface area contributed by atoms with Gasteiger partial charge >= 0.3 is 0 Å². The van der Waals surface area contributed by atoms with Gasteiger partial charge < -0.3 is 5.32 Å². The van der Waals surface area contributed by atoms with E-state index < -0.39 is 0 Å². The predicted molar refractivity (Wildman–Crippen MR) is 103 cm³/mol. The Kier molecular flexibility index (Phi) is 4.89. The first-order chi connectivity index (χ1) is 12.4. The van der Waals surface area contributed by atoms with Crippen LogP contribution in [0.2, 0.25) is 0 Å². The Morgan fingerprint density at radius 1 is 1.12 bits per heavy atom. The van der Waals surface area contributed by atoms with Crippen LogP contribution in [0, 0.1) is 20.8 Å². The second kappa shape index (κ2) is 7.12. The molecule has 1 atom stereocenters. The van der Waals surface area contributed by atoms with Crippen molar-refractivity contribution in [2.45, 2.75) is 40.3 Å². The van der Waals surface area contributed by atoms with Crippen LogP contribution in [0.4, 0.5) is 0 Å². The molecular formula is C21H23N3O2. The molecule has 0 aliphatic carbocycles. The van der Waals surface area contributed by atoms with Crippen molar-refractivity contribution < 1.29 is 4.79 Å². The summed E-state index contributed by atoms with van der Waals surface area (Å²) in [7, 11) is 0. The number of fused-ring (bicyclic) bond motifs is 1. The lowest BCUT2D eigenvalue weighted by Crippen LogP contribution is -2.34. The van der Waals surface area contributed by atoms with Gasteiger partial charge in [0, 0.05) is 0 Å². The number of aryl methyl sites for hydroxylation is 3. The van der Waals surface area contributed by atoms with Crippen LogP contribution >= 0.6 is 0 Å². The van der Waals surface area contributed by atoms with Crippen LogP contribution in [0.5, 0.6) is 0 Å². The molecule has 5 nitrogen and oxygen atoms in total. The van der Waals surface area contributed by atoms with Crippen molar-refractivity contribution in [2.75, 3.05) is 0 Å². The van der Waals surface area contributed by atoms with Crippen LogP contribution in [0.3, 0.4) is 0 Å². The molecule has 1 aromatic heterocycles. The summed E-state index contributed by atoms with van der Waals surface area (Å²) >= 11 is 0. The minimum Gasteiger partial charge on any atom is -0.348 e. The third kappa shape index (κ3) is 3.52. The number of nitrogens with zero attached hydrogens (tertiary/aromatic N) is 2. The van der Waals surface area contributed by atoms with Gasteiger partial charge in [-0.25, -0.2) is 4.98 Å². The highest BCUT2D eigenvalue weighted by atomic mass is 16.2. The highest BCUT2D eigenvalue weighted by Crippen LogP contribution is 2.21.